The Balaban J connectivity index is 2.05. The number of hydrogen-bond donors (Lipinski definition) is 2. The monoisotopic (exact) mass is 306 g/mol. The van der Waals surface area contributed by atoms with Crippen LogP contribution in [0.15, 0.2) is 18.2 Å². The molecule has 0 bridgehead atoms. The predicted octanol–water partition coefficient (Wildman–Crippen LogP) is 1.56. The molecule has 1 fully saturated rings. The van der Waals surface area contributed by atoms with Gasteiger partial charge in [-0.15, -0.1) is 0 Å². The lowest BCUT2D eigenvalue weighted by Gasteiger charge is -2.23. The van der Waals surface area contributed by atoms with E-state index < -0.39 is 29.0 Å². The zero-order valence-electron chi connectivity index (χ0n) is 11.0. The van der Waals surface area contributed by atoms with E-state index in [1.54, 1.807) is 0 Å². The van der Waals surface area contributed by atoms with E-state index in [0.717, 1.165) is 12.1 Å². The molecule has 1 aromatic rings. The van der Waals surface area contributed by atoms with Crippen LogP contribution in [0.3, 0.4) is 0 Å². The van der Waals surface area contributed by atoms with Crippen LogP contribution < -0.4 is 10.6 Å². The fraction of sp³-hybridized carbons (Fsp3) is 0.462. The highest BCUT2D eigenvalue weighted by Gasteiger charge is 2.35. The summed E-state index contributed by atoms with van der Waals surface area (Å²) in [4.78, 5) is 11.8. The number of alkyl halides is 3. The van der Waals surface area contributed by atoms with Gasteiger partial charge in [-0.1, -0.05) is 6.07 Å². The summed E-state index contributed by atoms with van der Waals surface area (Å²) >= 11 is 0. The van der Waals surface area contributed by atoms with Gasteiger partial charge in [-0.2, -0.15) is 13.2 Å². The lowest BCUT2D eigenvalue weighted by molar-refractivity contribution is -0.140. The molecular weight excluding hydrogens is 292 g/mol. The van der Waals surface area contributed by atoms with E-state index in [9.17, 15) is 22.4 Å². The van der Waals surface area contributed by atoms with Gasteiger partial charge in [-0.05, 0) is 12.1 Å². The van der Waals surface area contributed by atoms with Gasteiger partial charge in [-0.3, -0.25) is 4.79 Å². The van der Waals surface area contributed by atoms with Crippen molar-refractivity contribution in [2.24, 2.45) is 0 Å². The first-order valence-corrected chi connectivity index (χ1v) is 6.36. The second-order valence-electron chi connectivity index (χ2n) is 4.57. The van der Waals surface area contributed by atoms with Gasteiger partial charge in [0.2, 0.25) is 0 Å². The summed E-state index contributed by atoms with van der Waals surface area (Å²) in [6, 6.07) is 2.61. The van der Waals surface area contributed by atoms with Gasteiger partial charge in [0.05, 0.1) is 23.8 Å². The lowest BCUT2D eigenvalue weighted by atomic mass is 10.1. The predicted molar refractivity (Wildman–Crippen MR) is 66.3 cm³/mol. The first-order chi connectivity index (χ1) is 9.89. The molecule has 0 aliphatic carbocycles. The molecule has 1 aliphatic heterocycles. The minimum absolute atomic E-state index is 0.0987. The van der Waals surface area contributed by atoms with Crippen LogP contribution in [0.1, 0.15) is 15.9 Å². The van der Waals surface area contributed by atoms with Crippen molar-refractivity contribution in [3.8, 4) is 0 Å². The van der Waals surface area contributed by atoms with E-state index in [0.29, 0.717) is 25.8 Å². The summed E-state index contributed by atoms with van der Waals surface area (Å²) < 4.78 is 56.8. The Labute approximate surface area is 118 Å². The molecule has 1 atom stereocenters. The Hall–Kier alpha value is -1.67. The van der Waals surface area contributed by atoms with Crippen molar-refractivity contribution in [3.63, 3.8) is 0 Å². The third kappa shape index (κ3) is 3.92. The molecule has 0 radical (unpaired) electrons. The molecule has 1 saturated heterocycles. The SMILES string of the molecule is O=C(NCC1CNCCO1)c1cccc(C(F)(F)F)c1F. The van der Waals surface area contributed by atoms with Crippen molar-refractivity contribution in [2.75, 3.05) is 26.2 Å². The zero-order chi connectivity index (χ0) is 15.5. The molecule has 21 heavy (non-hydrogen) atoms. The van der Waals surface area contributed by atoms with Crippen molar-refractivity contribution in [3.05, 3.63) is 35.1 Å². The van der Waals surface area contributed by atoms with Crippen LogP contribution >= 0.6 is 0 Å². The maximum absolute atomic E-state index is 13.8. The van der Waals surface area contributed by atoms with Crippen LogP contribution in [0, 0.1) is 5.82 Å². The third-order valence-corrected chi connectivity index (χ3v) is 3.04. The minimum Gasteiger partial charge on any atom is -0.374 e. The molecule has 4 nitrogen and oxygen atoms in total. The summed E-state index contributed by atoms with van der Waals surface area (Å²) in [6.07, 6.45) is -5.12. The van der Waals surface area contributed by atoms with E-state index in [4.69, 9.17) is 4.74 Å². The molecule has 1 unspecified atom stereocenters. The second-order valence-corrected chi connectivity index (χ2v) is 4.57. The maximum Gasteiger partial charge on any atom is 0.419 e. The van der Waals surface area contributed by atoms with Crippen molar-refractivity contribution < 1.29 is 27.1 Å². The van der Waals surface area contributed by atoms with Crippen LogP contribution in [-0.2, 0) is 10.9 Å². The molecule has 0 aromatic heterocycles. The van der Waals surface area contributed by atoms with E-state index in [1.165, 1.54) is 0 Å². The van der Waals surface area contributed by atoms with Gasteiger partial charge in [0.1, 0.15) is 5.82 Å². The van der Waals surface area contributed by atoms with Crippen molar-refractivity contribution in [2.45, 2.75) is 12.3 Å². The quantitative estimate of drug-likeness (QED) is 0.833. The number of morpholine rings is 1. The van der Waals surface area contributed by atoms with Gasteiger partial charge in [0.15, 0.2) is 0 Å². The number of halogens is 4. The molecule has 2 N–H and O–H groups in total. The van der Waals surface area contributed by atoms with Crippen LogP contribution in [0.25, 0.3) is 0 Å². The van der Waals surface area contributed by atoms with Crippen molar-refractivity contribution in [1.29, 1.82) is 0 Å². The lowest BCUT2D eigenvalue weighted by Crippen LogP contribution is -2.45. The highest BCUT2D eigenvalue weighted by Crippen LogP contribution is 2.32. The molecular formula is C13H14F4N2O2. The number of carbonyl (C=O) groups is 1. The summed E-state index contributed by atoms with van der Waals surface area (Å²) in [6.45, 7) is 1.80. The van der Waals surface area contributed by atoms with Gasteiger partial charge < -0.3 is 15.4 Å². The smallest absolute Gasteiger partial charge is 0.374 e. The Morgan fingerprint density at radius 2 is 2.19 bits per heavy atom. The van der Waals surface area contributed by atoms with E-state index in [2.05, 4.69) is 10.6 Å². The number of hydrogen-bond acceptors (Lipinski definition) is 3. The molecule has 1 aliphatic rings. The second kappa shape index (κ2) is 6.40. The fourth-order valence-electron chi connectivity index (χ4n) is 1.98. The molecule has 0 saturated carbocycles. The Kier molecular flexibility index (Phi) is 4.79. The fourth-order valence-corrected chi connectivity index (χ4v) is 1.98. The first-order valence-electron chi connectivity index (χ1n) is 6.36. The third-order valence-electron chi connectivity index (χ3n) is 3.04. The van der Waals surface area contributed by atoms with Gasteiger partial charge in [0, 0.05) is 19.6 Å². The zero-order valence-corrected chi connectivity index (χ0v) is 11.0. The van der Waals surface area contributed by atoms with Crippen molar-refractivity contribution >= 4 is 5.91 Å². The van der Waals surface area contributed by atoms with E-state index in [-0.39, 0.29) is 12.6 Å². The van der Waals surface area contributed by atoms with Crippen LogP contribution in [0.2, 0.25) is 0 Å². The normalized spacial score (nSPS) is 19.3. The Morgan fingerprint density at radius 1 is 1.43 bits per heavy atom. The summed E-state index contributed by atoms with van der Waals surface area (Å²) in [7, 11) is 0. The highest BCUT2D eigenvalue weighted by atomic mass is 19.4. The number of nitrogens with one attached hydrogen (secondary N) is 2. The van der Waals surface area contributed by atoms with Crippen molar-refractivity contribution in [1.82, 2.24) is 10.6 Å². The molecule has 1 heterocycles. The Morgan fingerprint density at radius 3 is 2.81 bits per heavy atom. The van der Waals surface area contributed by atoms with Gasteiger partial charge in [0.25, 0.3) is 5.91 Å². The summed E-state index contributed by atoms with van der Waals surface area (Å²) in [5, 5.41) is 5.42. The summed E-state index contributed by atoms with van der Waals surface area (Å²) in [5.41, 5.74) is -2.08. The first kappa shape index (κ1) is 15.7. The number of benzene rings is 1. The number of rotatable bonds is 3. The molecule has 116 valence electrons. The topological polar surface area (TPSA) is 50.4 Å². The van der Waals surface area contributed by atoms with Gasteiger partial charge >= 0.3 is 6.18 Å². The average molecular weight is 306 g/mol. The maximum atomic E-state index is 13.8. The molecule has 8 heteroatoms. The Bertz CT molecular complexity index is 513. The largest absolute Gasteiger partial charge is 0.419 e. The number of amides is 1. The summed E-state index contributed by atoms with van der Waals surface area (Å²) in [5.74, 6) is -2.46. The van der Waals surface area contributed by atoms with Crippen LogP contribution in [0.5, 0.6) is 0 Å². The highest BCUT2D eigenvalue weighted by molar-refractivity contribution is 5.94. The number of ether oxygens (including phenoxy) is 1. The number of carbonyl (C=O) groups excluding carboxylic acids is 1. The molecule has 0 spiro atoms. The van der Waals surface area contributed by atoms with E-state index in [1.807, 2.05) is 0 Å². The van der Waals surface area contributed by atoms with Crippen LogP contribution in [0.4, 0.5) is 17.6 Å². The molecule has 2 rings (SSSR count). The van der Waals surface area contributed by atoms with E-state index >= 15 is 0 Å². The molecule has 1 amide bonds. The average Bonchev–Trinajstić information content (AvgIpc) is 2.45. The van der Waals surface area contributed by atoms with Gasteiger partial charge in [-0.25, -0.2) is 4.39 Å². The molecule has 1 aromatic carbocycles. The standard InChI is InChI=1S/C13H14F4N2O2/c14-11-9(2-1-3-10(11)13(15,16)17)12(20)19-7-8-6-18-4-5-21-8/h1-3,8,18H,4-7H2,(H,19,20). The van der Waals surface area contributed by atoms with Crippen LogP contribution in [-0.4, -0.2) is 38.3 Å². The minimum atomic E-state index is -4.84.